The quantitative estimate of drug-likeness (QED) is 0.541. The first-order valence-electron chi connectivity index (χ1n) is 10.6. The lowest BCUT2D eigenvalue weighted by atomic mass is 9.70. The second kappa shape index (κ2) is 10.6. The van der Waals surface area contributed by atoms with Gasteiger partial charge in [-0.15, -0.1) is 0 Å². The van der Waals surface area contributed by atoms with Crippen LogP contribution in [0.3, 0.4) is 0 Å². The molecule has 4 nitrogen and oxygen atoms in total. The average Bonchev–Trinajstić information content (AvgIpc) is 2.82. The second-order valence-electron chi connectivity index (χ2n) is 7.97. The fourth-order valence-corrected chi connectivity index (χ4v) is 4.10. The number of rotatable bonds is 10. The summed E-state index contributed by atoms with van der Waals surface area (Å²) in [6, 6.07) is 29.6. The zero-order valence-electron chi connectivity index (χ0n) is 18.0. The number of carbonyl (C=O) groups is 1. The Balaban J connectivity index is 1.68. The third kappa shape index (κ3) is 5.39. The number of primary amides is 1. The van der Waals surface area contributed by atoms with Crippen LogP contribution in [0.1, 0.15) is 35.1 Å². The molecule has 0 aromatic heterocycles. The monoisotopic (exact) mass is 411 g/mol. The molecule has 3 rings (SSSR count). The van der Waals surface area contributed by atoms with Gasteiger partial charge in [0.2, 0.25) is 5.91 Å². The molecule has 0 aliphatic rings. The Bertz CT molecular complexity index is 968. The normalized spacial score (nSPS) is 11.3. The van der Waals surface area contributed by atoms with Crippen molar-refractivity contribution in [1.29, 1.82) is 5.26 Å². The van der Waals surface area contributed by atoms with Crippen LogP contribution in [-0.2, 0) is 16.6 Å². The van der Waals surface area contributed by atoms with Crippen molar-refractivity contribution < 1.29 is 4.79 Å². The molecule has 0 unspecified atom stereocenters. The molecule has 0 saturated carbocycles. The smallest absolute Gasteiger partial charge is 0.232 e. The molecule has 158 valence electrons. The number of nitrogens with zero attached hydrogens (tertiary/aromatic N) is 2. The maximum absolute atomic E-state index is 12.8. The highest BCUT2D eigenvalue weighted by atomic mass is 16.1. The molecule has 0 spiro atoms. The summed E-state index contributed by atoms with van der Waals surface area (Å²) in [7, 11) is 2.10. The highest BCUT2D eigenvalue weighted by molar-refractivity contribution is 5.90. The van der Waals surface area contributed by atoms with Crippen molar-refractivity contribution in [2.24, 2.45) is 5.73 Å². The van der Waals surface area contributed by atoms with Gasteiger partial charge in [-0.25, -0.2) is 0 Å². The first kappa shape index (κ1) is 22.3. The molecule has 0 atom stereocenters. The van der Waals surface area contributed by atoms with E-state index in [1.165, 1.54) is 5.56 Å². The molecule has 2 N–H and O–H groups in total. The summed E-state index contributed by atoms with van der Waals surface area (Å²) >= 11 is 0. The number of benzene rings is 3. The van der Waals surface area contributed by atoms with Gasteiger partial charge < -0.3 is 10.6 Å². The number of hydrogen-bond acceptors (Lipinski definition) is 3. The highest BCUT2D eigenvalue weighted by Crippen LogP contribution is 2.36. The van der Waals surface area contributed by atoms with Crippen LogP contribution < -0.4 is 5.73 Å². The number of carbonyl (C=O) groups excluding carboxylic acids is 1. The molecule has 0 radical (unpaired) electrons. The molecule has 3 aromatic carbocycles. The van der Waals surface area contributed by atoms with Gasteiger partial charge in [0.15, 0.2) is 0 Å². The Labute approximate surface area is 184 Å². The molecule has 0 fully saturated rings. The number of amides is 1. The van der Waals surface area contributed by atoms with Crippen molar-refractivity contribution in [3.8, 4) is 6.07 Å². The SMILES string of the molecule is CN(CCCC(C(N)=O)(c1ccccc1)c1ccccc1)CCc1ccc(C#N)cc1. The Morgan fingerprint density at radius 1 is 0.903 bits per heavy atom. The summed E-state index contributed by atoms with van der Waals surface area (Å²) in [6.45, 7) is 1.77. The van der Waals surface area contributed by atoms with Gasteiger partial charge >= 0.3 is 0 Å². The van der Waals surface area contributed by atoms with Crippen LogP contribution in [0, 0.1) is 11.3 Å². The minimum absolute atomic E-state index is 0.315. The molecule has 0 aliphatic heterocycles. The van der Waals surface area contributed by atoms with Crippen LogP contribution in [0.25, 0.3) is 0 Å². The largest absolute Gasteiger partial charge is 0.369 e. The Kier molecular flexibility index (Phi) is 7.59. The molecule has 0 saturated heterocycles. The number of nitriles is 1. The van der Waals surface area contributed by atoms with Gasteiger partial charge in [0.25, 0.3) is 0 Å². The number of nitrogens with two attached hydrogens (primary N) is 1. The maximum atomic E-state index is 12.8. The van der Waals surface area contributed by atoms with E-state index in [2.05, 4.69) is 18.0 Å². The molecule has 3 aromatic rings. The zero-order valence-corrected chi connectivity index (χ0v) is 18.0. The van der Waals surface area contributed by atoms with Gasteiger partial charge in [-0.1, -0.05) is 72.8 Å². The fraction of sp³-hybridized carbons (Fsp3) is 0.259. The van der Waals surface area contributed by atoms with E-state index >= 15 is 0 Å². The summed E-state index contributed by atoms with van der Waals surface area (Å²) in [6.07, 6.45) is 2.41. The average molecular weight is 412 g/mol. The van der Waals surface area contributed by atoms with E-state index in [4.69, 9.17) is 11.0 Å². The molecular weight excluding hydrogens is 382 g/mol. The molecule has 31 heavy (non-hydrogen) atoms. The Hall–Kier alpha value is -3.42. The summed E-state index contributed by atoms with van der Waals surface area (Å²) in [5.41, 5.74) is 8.97. The van der Waals surface area contributed by atoms with Crippen molar-refractivity contribution in [1.82, 2.24) is 4.90 Å². The Morgan fingerprint density at radius 3 is 1.94 bits per heavy atom. The van der Waals surface area contributed by atoms with Crippen molar-refractivity contribution in [2.75, 3.05) is 20.1 Å². The Morgan fingerprint density at radius 2 is 1.45 bits per heavy atom. The third-order valence-electron chi connectivity index (χ3n) is 5.91. The van der Waals surface area contributed by atoms with Crippen LogP contribution >= 0.6 is 0 Å². The summed E-state index contributed by atoms with van der Waals surface area (Å²) in [5.74, 6) is -0.315. The van der Waals surface area contributed by atoms with Gasteiger partial charge in [0.05, 0.1) is 17.0 Å². The van der Waals surface area contributed by atoms with Crippen LogP contribution in [-0.4, -0.2) is 30.9 Å². The van der Waals surface area contributed by atoms with Crippen LogP contribution in [0.4, 0.5) is 0 Å². The standard InChI is InChI=1S/C27H29N3O/c1-30(20-17-22-13-15-23(21-28)16-14-22)19-8-18-27(26(29)31,24-9-4-2-5-10-24)25-11-6-3-7-12-25/h2-7,9-16H,8,17-20H2,1H3,(H2,29,31). The molecular formula is C27H29N3O. The van der Waals surface area contributed by atoms with Gasteiger partial charge in [0.1, 0.15) is 0 Å². The van der Waals surface area contributed by atoms with Crippen molar-refractivity contribution in [2.45, 2.75) is 24.7 Å². The van der Waals surface area contributed by atoms with E-state index in [1.807, 2.05) is 84.9 Å². The second-order valence-corrected chi connectivity index (χ2v) is 7.97. The van der Waals surface area contributed by atoms with Gasteiger partial charge in [0, 0.05) is 6.54 Å². The maximum Gasteiger partial charge on any atom is 0.232 e. The topological polar surface area (TPSA) is 70.1 Å². The van der Waals surface area contributed by atoms with E-state index in [0.29, 0.717) is 12.0 Å². The van der Waals surface area contributed by atoms with Crippen molar-refractivity contribution >= 4 is 5.91 Å². The van der Waals surface area contributed by atoms with Crippen LogP contribution in [0.2, 0.25) is 0 Å². The lowest BCUT2D eigenvalue weighted by Gasteiger charge is -2.32. The summed E-state index contributed by atoms with van der Waals surface area (Å²) < 4.78 is 0. The van der Waals surface area contributed by atoms with Gasteiger partial charge in [-0.3, -0.25) is 4.79 Å². The highest BCUT2D eigenvalue weighted by Gasteiger charge is 2.39. The van der Waals surface area contributed by atoms with E-state index in [-0.39, 0.29) is 5.91 Å². The fourth-order valence-electron chi connectivity index (χ4n) is 4.10. The van der Waals surface area contributed by atoms with Gasteiger partial charge in [-0.05, 0) is 61.7 Å². The first-order valence-corrected chi connectivity index (χ1v) is 10.6. The molecule has 0 aliphatic carbocycles. The molecule has 4 heteroatoms. The summed E-state index contributed by atoms with van der Waals surface area (Å²) in [4.78, 5) is 15.1. The zero-order chi connectivity index (χ0) is 22.1. The third-order valence-corrected chi connectivity index (χ3v) is 5.91. The first-order chi connectivity index (χ1) is 15.1. The number of likely N-dealkylation sites (N-methyl/N-ethyl adjacent to an activating group) is 1. The van der Waals surface area contributed by atoms with E-state index in [9.17, 15) is 4.79 Å². The molecule has 0 heterocycles. The van der Waals surface area contributed by atoms with Crippen LogP contribution in [0.5, 0.6) is 0 Å². The van der Waals surface area contributed by atoms with E-state index in [1.54, 1.807) is 0 Å². The minimum Gasteiger partial charge on any atom is -0.369 e. The lowest BCUT2D eigenvalue weighted by Crippen LogP contribution is -2.43. The molecule has 0 bridgehead atoms. The predicted molar refractivity (Wildman–Crippen MR) is 124 cm³/mol. The van der Waals surface area contributed by atoms with E-state index < -0.39 is 5.41 Å². The van der Waals surface area contributed by atoms with Crippen molar-refractivity contribution in [3.63, 3.8) is 0 Å². The molecule has 1 amide bonds. The van der Waals surface area contributed by atoms with Gasteiger partial charge in [-0.2, -0.15) is 5.26 Å². The summed E-state index contributed by atoms with van der Waals surface area (Å²) in [5, 5.41) is 8.92. The lowest BCUT2D eigenvalue weighted by molar-refractivity contribution is -0.122. The number of hydrogen-bond donors (Lipinski definition) is 1. The van der Waals surface area contributed by atoms with Crippen molar-refractivity contribution in [3.05, 3.63) is 107 Å². The van der Waals surface area contributed by atoms with Crippen LogP contribution in [0.15, 0.2) is 84.9 Å². The minimum atomic E-state index is -0.837. The van der Waals surface area contributed by atoms with E-state index in [0.717, 1.165) is 37.1 Å². The predicted octanol–water partition coefficient (Wildman–Crippen LogP) is 4.28.